The average molecular weight is 256 g/mol. The Bertz CT molecular complexity index is 478. The zero-order chi connectivity index (χ0) is 13.5. The molecule has 1 saturated carbocycles. The number of benzene rings is 1. The smallest absolute Gasteiger partial charge is 0.156 e. The highest BCUT2D eigenvalue weighted by atomic mass is 16.5. The van der Waals surface area contributed by atoms with Gasteiger partial charge in [0.15, 0.2) is 5.75 Å². The number of hydrogen-bond donors (Lipinski definition) is 0. The van der Waals surface area contributed by atoms with Crippen LogP contribution < -0.4 is 4.74 Å². The van der Waals surface area contributed by atoms with Gasteiger partial charge in [0.25, 0.3) is 0 Å². The second-order valence-electron chi connectivity index (χ2n) is 4.33. The van der Waals surface area contributed by atoms with Gasteiger partial charge in [0.05, 0.1) is 12.4 Å². The van der Waals surface area contributed by atoms with Crippen molar-refractivity contribution in [3.05, 3.63) is 54.1 Å². The molecule has 0 aliphatic heterocycles. The quantitative estimate of drug-likeness (QED) is 0.830. The SMILES string of the molecule is CC.c1ccc(COc2cnc(C3CC3)nc2)cc1. The Morgan fingerprint density at radius 2 is 1.68 bits per heavy atom. The van der Waals surface area contributed by atoms with Gasteiger partial charge in [0, 0.05) is 5.92 Å². The van der Waals surface area contributed by atoms with Gasteiger partial charge >= 0.3 is 0 Å². The van der Waals surface area contributed by atoms with E-state index in [0.717, 1.165) is 17.1 Å². The van der Waals surface area contributed by atoms with Crippen LogP contribution in [-0.2, 0) is 6.61 Å². The Labute approximate surface area is 114 Å². The van der Waals surface area contributed by atoms with E-state index in [1.54, 1.807) is 12.4 Å². The summed E-state index contributed by atoms with van der Waals surface area (Å²) in [6.45, 7) is 4.56. The molecule has 3 heteroatoms. The first kappa shape index (κ1) is 13.5. The molecule has 0 spiro atoms. The highest BCUT2D eigenvalue weighted by Gasteiger charge is 2.26. The second-order valence-corrected chi connectivity index (χ2v) is 4.33. The van der Waals surface area contributed by atoms with Gasteiger partial charge in [0.2, 0.25) is 0 Å². The van der Waals surface area contributed by atoms with Crippen molar-refractivity contribution in [1.82, 2.24) is 9.97 Å². The summed E-state index contributed by atoms with van der Waals surface area (Å²) in [4.78, 5) is 8.63. The Morgan fingerprint density at radius 3 is 2.26 bits per heavy atom. The molecule has 3 rings (SSSR count). The lowest BCUT2D eigenvalue weighted by Gasteiger charge is -2.05. The Morgan fingerprint density at radius 1 is 1.05 bits per heavy atom. The molecule has 0 atom stereocenters. The molecule has 0 unspecified atom stereocenters. The number of rotatable bonds is 4. The molecule has 2 aromatic rings. The van der Waals surface area contributed by atoms with E-state index in [0.29, 0.717) is 12.5 Å². The van der Waals surface area contributed by atoms with Crippen LogP contribution in [0.3, 0.4) is 0 Å². The summed E-state index contributed by atoms with van der Waals surface area (Å²) in [5, 5.41) is 0. The summed E-state index contributed by atoms with van der Waals surface area (Å²) in [6.07, 6.45) is 5.99. The largest absolute Gasteiger partial charge is 0.486 e. The van der Waals surface area contributed by atoms with E-state index in [1.165, 1.54) is 12.8 Å². The number of ether oxygens (including phenoxy) is 1. The summed E-state index contributed by atoms with van der Waals surface area (Å²) in [5.74, 6) is 2.29. The molecule has 3 nitrogen and oxygen atoms in total. The number of aromatic nitrogens is 2. The molecule has 0 bridgehead atoms. The zero-order valence-electron chi connectivity index (χ0n) is 11.5. The van der Waals surface area contributed by atoms with E-state index < -0.39 is 0 Å². The van der Waals surface area contributed by atoms with Crippen LogP contribution in [0.5, 0.6) is 5.75 Å². The normalized spacial score (nSPS) is 13.4. The predicted octanol–water partition coefficient (Wildman–Crippen LogP) is 3.96. The monoisotopic (exact) mass is 256 g/mol. The maximum absolute atomic E-state index is 5.62. The van der Waals surface area contributed by atoms with E-state index in [2.05, 4.69) is 9.97 Å². The molecule has 19 heavy (non-hydrogen) atoms. The van der Waals surface area contributed by atoms with Crippen molar-refractivity contribution in [2.75, 3.05) is 0 Å². The van der Waals surface area contributed by atoms with Crippen LogP contribution >= 0.6 is 0 Å². The molecule has 0 radical (unpaired) electrons. The zero-order valence-corrected chi connectivity index (χ0v) is 11.5. The van der Waals surface area contributed by atoms with Crippen LogP contribution in [0.15, 0.2) is 42.7 Å². The van der Waals surface area contributed by atoms with Crippen molar-refractivity contribution in [2.24, 2.45) is 0 Å². The van der Waals surface area contributed by atoms with E-state index >= 15 is 0 Å². The summed E-state index contributed by atoms with van der Waals surface area (Å²) in [5.41, 5.74) is 1.15. The third-order valence-electron chi connectivity index (χ3n) is 2.84. The Balaban J connectivity index is 0.000000637. The molecule has 1 fully saturated rings. The predicted molar refractivity (Wildman–Crippen MR) is 76.1 cm³/mol. The lowest BCUT2D eigenvalue weighted by Crippen LogP contribution is -1.98. The van der Waals surface area contributed by atoms with Gasteiger partial charge in [-0.15, -0.1) is 0 Å². The van der Waals surface area contributed by atoms with E-state index in [1.807, 2.05) is 44.2 Å². The Hall–Kier alpha value is -1.90. The van der Waals surface area contributed by atoms with Gasteiger partial charge < -0.3 is 4.74 Å². The molecule has 0 N–H and O–H groups in total. The first-order chi connectivity index (χ1) is 9.42. The van der Waals surface area contributed by atoms with Crippen molar-refractivity contribution in [3.8, 4) is 5.75 Å². The molecule has 0 amide bonds. The molecular weight excluding hydrogens is 236 g/mol. The minimum absolute atomic E-state index is 0.562. The van der Waals surface area contributed by atoms with Gasteiger partial charge in [0.1, 0.15) is 12.4 Å². The number of nitrogens with zero attached hydrogens (tertiary/aromatic N) is 2. The molecule has 1 aromatic heterocycles. The first-order valence-electron chi connectivity index (χ1n) is 6.90. The third kappa shape index (κ3) is 4.05. The van der Waals surface area contributed by atoms with Gasteiger partial charge in [-0.05, 0) is 18.4 Å². The van der Waals surface area contributed by atoms with Crippen molar-refractivity contribution in [3.63, 3.8) is 0 Å². The van der Waals surface area contributed by atoms with Crippen LogP contribution in [0.25, 0.3) is 0 Å². The van der Waals surface area contributed by atoms with Crippen LogP contribution in [0, 0.1) is 0 Å². The summed E-state index contributed by atoms with van der Waals surface area (Å²) >= 11 is 0. The standard InChI is InChI=1S/C14H14N2O.C2H6/c1-2-4-11(5-3-1)10-17-13-8-15-14(16-9-13)12-6-7-12;1-2/h1-5,8-9,12H,6-7,10H2;1-2H3. The molecular formula is C16H20N2O. The number of hydrogen-bond acceptors (Lipinski definition) is 3. The van der Waals surface area contributed by atoms with Crippen LogP contribution in [0.4, 0.5) is 0 Å². The van der Waals surface area contributed by atoms with Gasteiger partial charge in [-0.3, -0.25) is 0 Å². The highest BCUT2D eigenvalue weighted by Crippen LogP contribution is 2.37. The molecule has 1 aliphatic rings. The lowest BCUT2D eigenvalue weighted by atomic mass is 10.2. The lowest BCUT2D eigenvalue weighted by molar-refractivity contribution is 0.303. The van der Waals surface area contributed by atoms with Crippen LogP contribution in [0.2, 0.25) is 0 Å². The molecule has 0 saturated heterocycles. The van der Waals surface area contributed by atoms with Crippen molar-refractivity contribution in [1.29, 1.82) is 0 Å². The van der Waals surface area contributed by atoms with E-state index in [4.69, 9.17) is 4.74 Å². The summed E-state index contributed by atoms with van der Waals surface area (Å²) in [7, 11) is 0. The van der Waals surface area contributed by atoms with Crippen LogP contribution in [-0.4, -0.2) is 9.97 Å². The molecule has 1 aliphatic carbocycles. The maximum Gasteiger partial charge on any atom is 0.156 e. The Kier molecular flexibility index (Phi) is 4.90. The first-order valence-corrected chi connectivity index (χ1v) is 6.90. The fraction of sp³-hybridized carbons (Fsp3) is 0.375. The van der Waals surface area contributed by atoms with E-state index in [-0.39, 0.29) is 0 Å². The minimum Gasteiger partial charge on any atom is -0.486 e. The topological polar surface area (TPSA) is 35.0 Å². The van der Waals surface area contributed by atoms with Crippen molar-refractivity contribution >= 4 is 0 Å². The summed E-state index contributed by atoms with van der Waals surface area (Å²) in [6, 6.07) is 10.1. The van der Waals surface area contributed by atoms with Gasteiger partial charge in [-0.1, -0.05) is 44.2 Å². The van der Waals surface area contributed by atoms with Crippen molar-refractivity contribution < 1.29 is 4.74 Å². The van der Waals surface area contributed by atoms with Gasteiger partial charge in [-0.2, -0.15) is 0 Å². The highest BCUT2D eigenvalue weighted by molar-refractivity contribution is 5.18. The maximum atomic E-state index is 5.62. The fourth-order valence-electron chi connectivity index (χ4n) is 1.69. The second kappa shape index (κ2) is 6.88. The summed E-state index contributed by atoms with van der Waals surface area (Å²) < 4.78 is 5.62. The molecule has 1 aromatic carbocycles. The average Bonchev–Trinajstić information content (AvgIpc) is 3.34. The third-order valence-corrected chi connectivity index (χ3v) is 2.84. The van der Waals surface area contributed by atoms with Crippen molar-refractivity contribution in [2.45, 2.75) is 39.2 Å². The molecule has 1 heterocycles. The minimum atomic E-state index is 0.562. The van der Waals surface area contributed by atoms with Gasteiger partial charge in [-0.25, -0.2) is 9.97 Å². The van der Waals surface area contributed by atoms with E-state index in [9.17, 15) is 0 Å². The van der Waals surface area contributed by atoms with Crippen LogP contribution in [0.1, 0.15) is 44.0 Å². The molecule has 100 valence electrons. The fourth-order valence-corrected chi connectivity index (χ4v) is 1.69.